The fourth-order valence-electron chi connectivity index (χ4n) is 3.85. The summed E-state index contributed by atoms with van der Waals surface area (Å²) in [5.74, 6) is -0.482. The maximum absolute atomic E-state index is 12.9. The van der Waals surface area contributed by atoms with Crippen LogP contribution in [0.25, 0.3) is 10.6 Å². The van der Waals surface area contributed by atoms with Crippen molar-refractivity contribution in [1.82, 2.24) is 9.88 Å². The summed E-state index contributed by atoms with van der Waals surface area (Å²) in [5, 5.41) is 12.2. The highest BCUT2D eigenvalue weighted by atomic mass is 32.1. The second kappa shape index (κ2) is 6.94. The SMILES string of the molecule is COc1ccc(-c2nc(C(=O)N3C[C@H]4COCC[C@@]4(C(=O)O)C3)cs2)cc1. The lowest BCUT2D eigenvalue weighted by atomic mass is 9.74. The first-order valence-corrected chi connectivity index (χ1v) is 9.62. The molecule has 1 aromatic carbocycles. The summed E-state index contributed by atoms with van der Waals surface area (Å²) in [6.07, 6.45) is 0.435. The molecule has 0 aliphatic carbocycles. The Labute approximate surface area is 160 Å². The van der Waals surface area contributed by atoms with E-state index in [2.05, 4.69) is 4.98 Å². The highest BCUT2D eigenvalue weighted by Crippen LogP contribution is 2.43. The summed E-state index contributed by atoms with van der Waals surface area (Å²) in [6, 6.07) is 7.49. The number of likely N-dealkylation sites (tertiary alicyclic amines) is 1. The maximum atomic E-state index is 12.9. The molecule has 1 aromatic heterocycles. The molecule has 7 nitrogen and oxygen atoms in total. The molecule has 2 fully saturated rings. The molecule has 1 amide bonds. The molecule has 2 saturated heterocycles. The van der Waals surface area contributed by atoms with Gasteiger partial charge in [-0.15, -0.1) is 11.3 Å². The number of rotatable bonds is 4. The van der Waals surface area contributed by atoms with E-state index < -0.39 is 11.4 Å². The van der Waals surface area contributed by atoms with Gasteiger partial charge in [0.25, 0.3) is 5.91 Å². The van der Waals surface area contributed by atoms with Crippen LogP contribution in [0.2, 0.25) is 0 Å². The number of ether oxygens (including phenoxy) is 2. The quantitative estimate of drug-likeness (QED) is 0.865. The smallest absolute Gasteiger partial charge is 0.311 e. The van der Waals surface area contributed by atoms with E-state index in [1.54, 1.807) is 17.4 Å². The van der Waals surface area contributed by atoms with Crippen molar-refractivity contribution >= 4 is 23.2 Å². The van der Waals surface area contributed by atoms with Crippen molar-refractivity contribution in [2.24, 2.45) is 11.3 Å². The largest absolute Gasteiger partial charge is 0.497 e. The molecule has 4 rings (SSSR count). The van der Waals surface area contributed by atoms with E-state index in [9.17, 15) is 14.7 Å². The number of aliphatic carboxylic acids is 1. The molecule has 0 unspecified atom stereocenters. The molecule has 27 heavy (non-hydrogen) atoms. The van der Waals surface area contributed by atoms with Gasteiger partial charge in [-0.25, -0.2) is 4.98 Å². The van der Waals surface area contributed by atoms with E-state index in [-0.39, 0.29) is 18.4 Å². The lowest BCUT2D eigenvalue weighted by Crippen LogP contribution is -2.45. The van der Waals surface area contributed by atoms with Gasteiger partial charge in [-0.05, 0) is 30.7 Å². The van der Waals surface area contributed by atoms with Crippen LogP contribution in [0.3, 0.4) is 0 Å². The predicted octanol–water partition coefficient (Wildman–Crippen LogP) is 2.38. The topological polar surface area (TPSA) is 89.0 Å². The molecule has 2 aromatic rings. The van der Waals surface area contributed by atoms with E-state index in [1.807, 2.05) is 24.3 Å². The minimum Gasteiger partial charge on any atom is -0.497 e. The molecular formula is C19H20N2O5S. The average Bonchev–Trinajstić information content (AvgIpc) is 3.33. The molecule has 2 aliphatic rings. The number of hydrogen-bond donors (Lipinski definition) is 1. The van der Waals surface area contributed by atoms with Crippen molar-refractivity contribution in [1.29, 1.82) is 0 Å². The first kappa shape index (κ1) is 17.9. The van der Waals surface area contributed by atoms with E-state index in [4.69, 9.17) is 9.47 Å². The van der Waals surface area contributed by atoms with E-state index >= 15 is 0 Å². The highest BCUT2D eigenvalue weighted by Gasteiger charge is 2.55. The lowest BCUT2D eigenvalue weighted by Gasteiger charge is -2.33. The molecule has 0 radical (unpaired) electrons. The number of carbonyl (C=O) groups is 2. The van der Waals surface area contributed by atoms with Crippen LogP contribution in [0.5, 0.6) is 5.75 Å². The zero-order valence-electron chi connectivity index (χ0n) is 14.9. The number of thiazole rings is 1. The second-order valence-electron chi connectivity index (χ2n) is 6.94. The summed E-state index contributed by atoms with van der Waals surface area (Å²) in [5.41, 5.74) is 0.360. The molecular weight excluding hydrogens is 368 g/mol. The lowest BCUT2D eigenvalue weighted by molar-refractivity contribution is -0.157. The number of methoxy groups -OCH3 is 1. The highest BCUT2D eigenvalue weighted by molar-refractivity contribution is 7.13. The van der Waals surface area contributed by atoms with Gasteiger partial charge < -0.3 is 19.5 Å². The Morgan fingerprint density at radius 3 is 2.81 bits per heavy atom. The van der Waals surface area contributed by atoms with Gasteiger partial charge in [0.1, 0.15) is 16.5 Å². The molecule has 8 heteroatoms. The zero-order chi connectivity index (χ0) is 19.0. The Morgan fingerprint density at radius 2 is 2.15 bits per heavy atom. The third kappa shape index (κ3) is 3.08. The third-order valence-electron chi connectivity index (χ3n) is 5.48. The maximum Gasteiger partial charge on any atom is 0.311 e. The molecule has 1 N–H and O–H groups in total. The summed E-state index contributed by atoms with van der Waals surface area (Å²) < 4.78 is 10.6. The van der Waals surface area contributed by atoms with Gasteiger partial charge in [-0.1, -0.05) is 0 Å². The summed E-state index contributed by atoms with van der Waals surface area (Å²) in [7, 11) is 1.61. The molecule has 3 heterocycles. The monoisotopic (exact) mass is 388 g/mol. The minimum atomic E-state index is -0.900. The Balaban J connectivity index is 1.53. The number of hydrogen-bond acceptors (Lipinski definition) is 6. The third-order valence-corrected chi connectivity index (χ3v) is 6.37. The standard InChI is InChI=1S/C19H20N2O5S/c1-25-14-4-2-12(3-5-14)16-20-15(10-27-16)17(22)21-8-13-9-26-7-6-19(13,11-21)18(23)24/h2-5,10,13H,6-9,11H2,1H3,(H,23,24)/t13-,19+/m0/s1. The Hall–Kier alpha value is -2.45. The Kier molecular flexibility index (Phi) is 4.61. The number of carbonyl (C=O) groups excluding carboxylic acids is 1. The minimum absolute atomic E-state index is 0.174. The second-order valence-corrected chi connectivity index (χ2v) is 7.79. The molecule has 142 valence electrons. The van der Waals surface area contributed by atoms with Gasteiger partial charge in [0.2, 0.25) is 0 Å². The van der Waals surface area contributed by atoms with Crippen LogP contribution >= 0.6 is 11.3 Å². The average molecular weight is 388 g/mol. The van der Waals surface area contributed by atoms with Crippen molar-refractivity contribution in [2.45, 2.75) is 6.42 Å². The van der Waals surface area contributed by atoms with Crippen LogP contribution in [0, 0.1) is 11.3 Å². The van der Waals surface area contributed by atoms with E-state index in [0.717, 1.165) is 16.3 Å². The number of carboxylic acids is 1. The van der Waals surface area contributed by atoms with Gasteiger partial charge in [0.05, 0.1) is 19.1 Å². The van der Waals surface area contributed by atoms with E-state index in [1.165, 1.54) is 11.3 Å². The Morgan fingerprint density at radius 1 is 1.37 bits per heavy atom. The Bertz CT molecular complexity index is 865. The molecule has 0 spiro atoms. The van der Waals surface area contributed by atoms with Crippen molar-refractivity contribution < 1.29 is 24.2 Å². The zero-order valence-corrected chi connectivity index (χ0v) is 15.7. The van der Waals surface area contributed by atoms with Crippen molar-refractivity contribution in [3.05, 3.63) is 35.3 Å². The molecule has 2 atom stereocenters. The van der Waals surface area contributed by atoms with E-state index in [0.29, 0.717) is 31.9 Å². The van der Waals surface area contributed by atoms with Crippen LogP contribution in [-0.2, 0) is 9.53 Å². The number of nitrogens with zero attached hydrogens (tertiary/aromatic N) is 2. The van der Waals surface area contributed by atoms with Crippen LogP contribution in [0.1, 0.15) is 16.9 Å². The number of amides is 1. The van der Waals surface area contributed by atoms with Gasteiger partial charge in [0.15, 0.2) is 0 Å². The summed E-state index contributed by atoms with van der Waals surface area (Å²) >= 11 is 1.39. The summed E-state index contributed by atoms with van der Waals surface area (Å²) in [6.45, 7) is 1.40. The van der Waals surface area contributed by atoms with Crippen LogP contribution < -0.4 is 4.74 Å². The summed E-state index contributed by atoms with van der Waals surface area (Å²) in [4.78, 5) is 30.9. The van der Waals surface area contributed by atoms with Crippen LogP contribution in [0.4, 0.5) is 0 Å². The fraction of sp³-hybridized carbons (Fsp3) is 0.421. The number of benzene rings is 1. The van der Waals surface area contributed by atoms with Crippen LogP contribution in [-0.4, -0.2) is 60.3 Å². The first-order chi connectivity index (χ1) is 13.0. The first-order valence-electron chi connectivity index (χ1n) is 8.74. The van der Waals surface area contributed by atoms with Crippen molar-refractivity contribution in [2.75, 3.05) is 33.4 Å². The predicted molar refractivity (Wildman–Crippen MR) is 99.0 cm³/mol. The number of aromatic nitrogens is 1. The molecule has 2 aliphatic heterocycles. The van der Waals surface area contributed by atoms with Gasteiger partial charge in [0, 0.05) is 36.6 Å². The van der Waals surface area contributed by atoms with Gasteiger partial charge >= 0.3 is 5.97 Å². The van der Waals surface area contributed by atoms with Gasteiger partial charge in [-0.3, -0.25) is 9.59 Å². The number of carboxylic acid groups (broad SMARTS) is 1. The molecule has 0 bridgehead atoms. The fourth-order valence-corrected chi connectivity index (χ4v) is 4.65. The normalized spacial score (nSPS) is 24.5. The number of fused-ring (bicyclic) bond motifs is 1. The van der Waals surface area contributed by atoms with Crippen molar-refractivity contribution in [3.63, 3.8) is 0 Å². The van der Waals surface area contributed by atoms with Gasteiger partial charge in [-0.2, -0.15) is 0 Å². The molecule has 0 saturated carbocycles. The van der Waals surface area contributed by atoms with Crippen LogP contribution in [0.15, 0.2) is 29.6 Å². The van der Waals surface area contributed by atoms with Crippen molar-refractivity contribution in [3.8, 4) is 16.3 Å².